The first-order valence-electron chi connectivity index (χ1n) is 7.66. The van der Waals surface area contributed by atoms with Crippen LogP contribution in [0.3, 0.4) is 0 Å². The Morgan fingerprint density at radius 1 is 1.24 bits per heavy atom. The minimum absolute atomic E-state index is 0.107. The Hall–Kier alpha value is -1.55. The minimum atomic E-state index is -0.437. The number of nitrogens with one attached hydrogen (secondary N) is 1. The summed E-state index contributed by atoms with van der Waals surface area (Å²) >= 11 is 0. The Labute approximate surface area is 128 Å². The van der Waals surface area contributed by atoms with Gasteiger partial charge in [-0.15, -0.1) is 0 Å². The fourth-order valence-electron chi connectivity index (χ4n) is 2.17. The molecule has 0 spiro atoms. The van der Waals surface area contributed by atoms with Crippen molar-refractivity contribution >= 4 is 5.91 Å². The van der Waals surface area contributed by atoms with Crippen LogP contribution < -0.4 is 15.8 Å². The van der Waals surface area contributed by atoms with Crippen LogP contribution in [0.1, 0.15) is 45.6 Å². The average molecular weight is 292 g/mol. The van der Waals surface area contributed by atoms with Gasteiger partial charge in [0.25, 0.3) is 0 Å². The standard InChI is InChI=1S/C17H28N2O2/c1-12(2)11-15(18)17(20)19-9-10-21-16-8-6-5-7-14(16)13(3)4/h5-8,12-13,15H,9-11,18H2,1-4H3,(H,19,20)/t15-/m0/s1. The number of carbonyl (C=O) groups is 1. The molecule has 0 aliphatic heterocycles. The molecule has 21 heavy (non-hydrogen) atoms. The van der Waals surface area contributed by atoms with Crippen LogP contribution in [-0.2, 0) is 4.79 Å². The van der Waals surface area contributed by atoms with Crippen molar-refractivity contribution in [3.8, 4) is 5.75 Å². The summed E-state index contributed by atoms with van der Waals surface area (Å²) in [6, 6.07) is 7.56. The topological polar surface area (TPSA) is 64.4 Å². The molecule has 0 aliphatic rings. The zero-order valence-corrected chi connectivity index (χ0v) is 13.6. The summed E-state index contributed by atoms with van der Waals surface area (Å²) in [5.41, 5.74) is 7.00. The molecule has 0 bridgehead atoms. The lowest BCUT2D eigenvalue weighted by molar-refractivity contribution is -0.122. The molecule has 0 unspecified atom stereocenters. The highest BCUT2D eigenvalue weighted by Crippen LogP contribution is 2.25. The van der Waals surface area contributed by atoms with Gasteiger partial charge in [0.15, 0.2) is 0 Å². The number of hydrogen-bond donors (Lipinski definition) is 2. The van der Waals surface area contributed by atoms with Crippen LogP contribution in [0.2, 0.25) is 0 Å². The van der Waals surface area contributed by atoms with Crippen molar-refractivity contribution in [3.05, 3.63) is 29.8 Å². The average Bonchev–Trinajstić information content (AvgIpc) is 2.42. The van der Waals surface area contributed by atoms with E-state index < -0.39 is 6.04 Å². The van der Waals surface area contributed by atoms with Crippen molar-refractivity contribution in [1.29, 1.82) is 0 Å². The maximum atomic E-state index is 11.8. The summed E-state index contributed by atoms with van der Waals surface area (Å²) < 4.78 is 5.75. The number of hydrogen-bond acceptors (Lipinski definition) is 3. The van der Waals surface area contributed by atoms with E-state index in [-0.39, 0.29) is 5.91 Å². The van der Waals surface area contributed by atoms with E-state index in [1.165, 1.54) is 5.56 Å². The fourth-order valence-corrected chi connectivity index (χ4v) is 2.17. The molecule has 0 radical (unpaired) electrons. The Balaban J connectivity index is 2.36. The van der Waals surface area contributed by atoms with E-state index in [0.717, 1.165) is 5.75 Å². The van der Waals surface area contributed by atoms with Gasteiger partial charge in [-0.05, 0) is 29.9 Å². The third-order valence-corrected chi connectivity index (χ3v) is 3.26. The molecule has 0 saturated carbocycles. The third-order valence-electron chi connectivity index (χ3n) is 3.26. The lowest BCUT2D eigenvalue weighted by Gasteiger charge is -2.16. The smallest absolute Gasteiger partial charge is 0.237 e. The summed E-state index contributed by atoms with van der Waals surface area (Å²) in [5, 5.41) is 2.82. The summed E-state index contributed by atoms with van der Waals surface area (Å²) in [7, 11) is 0. The molecule has 1 amide bonds. The van der Waals surface area contributed by atoms with Crippen LogP contribution in [-0.4, -0.2) is 25.1 Å². The normalized spacial score (nSPS) is 12.5. The third kappa shape index (κ3) is 6.17. The largest absolute Gasteiger partial charge is 0.491 e. The molecule has 1 rings (SSSR count). The molecule has 0 aliphatic carbocycles. The first-order valence-corrected chi connectivity index (χ1v) is 7.66. The number of para-hydroxylation sites is 1. The number of ether oxygens (including phenoxy) is 1. The molecule has 4 heteroatoms. The minimum Gasteiger partial charge on any atom is -0.491 e. The van der Waals surface area contributed by atoms with Gasteiger partial charge in [-0.1, -0.05) is 45.9 Å². The van der Waals surface area contributed by atoms with Crippen molar-refractivity contribution in [2.45, 2.75) is 46.1 Å². The highest BCUT2D eigenvalue weighted by molar-refractivity contribution is 5.81. The molecule has 118 valence electrons. The maximum absolute atomic E-state index is 11.8. The van der Waals surface area contributed by atoms with E-state index in [9.17, 15) is 4.79 Å². The quantitative estimate of drug-likeness (QED) is 0.724. The summed E-state index contributed by atoms with van der Waals surface area (Å²) in [5.74, 6) is 1.60. The van der Waals surface area contributed by atoms with E-state index in [1.54, 1.807) is 0 Å². The molecule has 0 heterocycles. The molecule has 3 N–H and O–H groups in total. The van der Waals surface area contributed by atoms with Crippen LogP contribution in [0.4, 0.5) is 0 Å². The predicted octanol–water partition coefficient (Wildman–Crippen LogP) is 2.68. The van der Waals surface area contributed by atoms with Gasteiger partial charge in [-0.25, -0.2) is 0 Å². The monoisotopic (exact) mass is 292 g/mol. The highest BCUT2D eigenvalue weighted by atomic mass is 16.5. The Morgan fingerprint density at radius 3 is 2.52 bits per heavy atom. The molecular weight excluding hydrogens is 264 g/mol. The maximum Gasteiger partial charge on any atom is 0.237 e. The number of benzene rings is 1. The van der Waals surface area contributed by atoms with Gasteiger partial charge < -0.3 is 15.8 Å². The van der Waals surface area contributed by atoms with Crippen molar-refractivity contribution in [2.24, 2.45) is 11.7 Å². The molecule has 0 fully saturated rings. The Morgan fingerprint density at radius 2 is 1.90 bits per heavy atom. The van der Waals surface area contributed by atoms with Gasteiger partial charge in [-0.2, -0.15) is 0 Å². The van der Waals surface area contributed by atoms with Crippen LogP contribution in [0.15, 0.2) is 24.3 Å². The Bertz CT molecular complexity index is 444. The van der Waals surface area contributed by atoms with Gasteiger partial charge in [0, 0.05) is 0 Å². The van der Waals surface area contributed by atoms with Crippen molar-refractivity contribution in [3.63, 3.8) is 0 Å². The van der Waals surface area contributed by atoms with Gasteiger partial charge in [0.2, 0.25) is 5.91 Å². The molecule has 0 saturated heterocycles. The SMILES string of the molecule is CC(C)C[C@H](N)C(=O)NCCOc1ccccc1C(C)C. The van der Waals surface area contributed by atoms with E-state index in [4.69, 9.17) is 10.5 Å². The summed E-state index contributed by atoms with van der Waals surface area (Å²) in [4.78, 5) is 11.8. The number of amides is 1. The second kappa shape index (κ2) is 8.67. The van der Waals surface area contributed by atoms with E-state index >= 15 is 0 Å². The van der Waals surface area contributed by atoms with Crippen LogP contribution in [0, 0.1) is 5.92 Å². The van der Waals surface area contributed by atoms with Crippen LogP contribution in [0.25, 0.3) is 0 Å². The van der Waals surface area contributed by atoms with Gasteiger partial charge in [0.1, 0.15) is 12.4 Å². The highest BCUT2D eigenvalue weighted by Gasteiger charge is 2.14. The molecular formula is C17H28N2O2. The van der Waals surface area contributed by atoms with Crippen molar-refractivity contribution < 1.29 is 9.53 Å². The summed E-state index contributed by atoms with van der Waals surface area (Å²) in [6.07, 6.45) is 0.697. The van der Waals surface area contributed by atoms with Crippen LogP contribution >= 0.6 is 0 Å². The van der Waals surface area contributed by atoms with E-state index in [1.807, 2.05) is 18.2 Å². The molecule has 1 aromatic carbocycles. The molecule has 0 aromatic heterocycles. The first kappa shape index (κ1) is 17.5. The number of nitrogens with two attached hydrogens (primary N) is 1. The summed E-state index contributed by atoms with van der Waals surface area (Å²) in [6.45, 7) is 9.29. The van der Waals surface area contributed by atoms with Crippen LogP contribution in [0.5, 0.6) is 5.75 Å². The molecule has 4 nitrogen and oxygen atoms in total. The fraction of sp³-hybridized carbons (Fsp3) is 0.588. The Kier molecular flexibility index (Phi) is 7.23. The zero-order valence-electron chi connectivity index (χ0n) is 13.6. The second-order valence-electron chi connectivity index (χ2n) is 6.07. The van der Waals surface area contributed by atoms with E-state index in [0.29, 0.717) is 31.4 Å². The predicted molar refractivity (Wildman–Crippen MR) is 86.5 cm³/mol. The lowest BCUT2D eigenvalue weighted by atomic mass is 10.0. The molecule has 1 atom stereocenters. The number of carbonyl (C=O) groups excluding carboxylic acids is 1. The van der Waals surface area contributed by atoms with Gasteiger partial charge in [0.05, 0.1) is 12.6 Å². The lowest BCUT2D eigenvalue weighted by Crippen LogP contribution is -2.42. The van der Waals surface area contributed by atoms with Gasteiger partial charge >= 0.3 is 0 Å². The zero-order chi connectivity index (χ0) is 15.8. The van der Waals surface area contributed by atoms with Gasteiger partial charge in [-0.3, -0.25) is 4.79 Å². The number of rotatable bonds is 8. The van der Waals surface area contributed by atoms with Crippen molar-refractivity contribution in [1.82, 2.24) is 5.32 Å². The second-order valence-corrected chi connectivity index (χ2v) is 6.07. The first-order chi connectivity index (χ1) is 9.91. The van der Waals surface area contributed by atoms with Crippen molar-refractivity contribution in [2.75, 3.05) is 13.2 Å². The van der Waals surface area contributed by atoms with E-state index in [2.05, 4.69) is 39.1 Å². The molecule has 1 aromatic rings.